The highest BCUT2D eigenvalue weighted by Crippen LogP contribution is 2.03. The van der Waals surface area contributed by atoms with Crippen LogP contribution in [0, 0.1) is 0 Å². The van der Waals surface area contributed by atoms with Gasteiger partial charge in [-0.1, -0.05) is 36.4 Å². The summed E-state index contributed by atoms with van der Waals surface area (Å²) in [6.07, 6.45) is 2.58. The molecule has 0 radical (unpaired) electrons. The molecule has 0 saturated carbocycles. The van der Waals surface area contributed by atoms with Crippen molar-refractivity contribution in [3.8, 4) is 0 Å². The largest absolute Gasteiger partial charge is 0.327 e. The van der Waals surface area contributed by atoms with Crippen LogP contribution >= 0.6 is 0 Å². The molecule has 0 unspecified atom stereocenters. The molecule has 0 fully saturated rings. The molecular weight excluding hydrogens is 206 g/mol. The summed E-state index contributed by atoms with van der Waals surface area (Å²) in [5, 5.41) is 1.69. The van der Waals surface area contributed by atoms with Crippen LogP contribution in [0.2, 0.25) is 0 Å². The number of benzene rings is 1. The lowest BCUT2D eigenvalue weighted by molar-refractivity contribution is 0.674. The second-order valence-corrected chi connectivity index (χ2v) is 4.83. The van der Waals surface area contributed by atoms with Gasteiger partial charge >= 0.3 is 0 Å². The van der Waals surface area contributed by atoms with Gasteiger partial charge in [0.15, 0.2) is 0 Å². The second kappa shape index (κ2) is 6.53. The van der Waals surface area contributed by atoms with E-state index >= 15 is 0 Å². The Labute approximate surface area is 93.6 Å². The summed E-state index contributed by atoms with van der Waals surface area (Å²) < 4.78 is 11.4. The van der Waals surface area contributed by atoms with Gasteiger partial charge in [0.25, 0.3) is 0 Å². The average molecular weight is 223 g/mol. The molecule has 0 amide bonds. The highest BCUT2D eigenvalue weighted by Gasteiger charge is 2.06. The molecule has 0 saturated heterocycles. The van der Waals surface area contributed by atoms with Crippen molar-refractivity contribution in [2.45, 2.75) is 19.4 Å². The quantitative estimate of drug-likeness (QED) is 0.827. The third-order valence-corrected chi connectivity index (χ3v) is 3.34. The van der Waals surface area contributed by atoms with Crippen molar-refractivity contribution >= 4 is 10.8 Å². The third-order valence-electron chi connectivity index (χ3n) is 2.01. The zero-order valence-corrected chi connectivity index (χ0v) is 9.74. The van der Waals surface area contributed by atoms with E-state index in [9.17, 15) is 4.21 Å². The third kappa shape index (κ3) is 4.91. The molecule has 0 aliphatic heterocycles. The fourth-order valence-electron chi connectivity index (χ4n) is 1.39. The van der Waals surface area contributed by atoms with Crippen LogP contribution in [0.25, 0.3) is 0 Å². The summed E-state index contributed by atoms with van der Waals surface area (Å²) in [5.41, 5.74) is 7.11. The van der Waals surface area contributed by atoms with Crippen molar-refractivity contribution in [1.29, 1.82) is 0 Å². The molecule has 0 aliphatic carbocycles. The molecule has 3 heteroatoms. The second-order valence-electron chi connectivity index (χ2n) is 3.47. The Morgan fingerprint density at radius 2 is 2.07 bits per heavy atom. The maximum atomic E-state index is 11.4. The van der Waals surface area contributed by atoms with E-state index in [4.69, 9.17) is 5.73 Å². The van der Waals surface area contributed by atoms with Gasteiger partial charge in [0.05, 0.1) is 0 Å². The SMILES string of the molecule is C/C=C/[S@](=O)C[C@@H](N)Cc1ccccc1. The smallest absolute Gasteiger partial charge is 0.0468 e. The van der Waals surface area contributed by atoms with Crippen LogP contribution < -0.4 is 5.73 Å². The average Bonchev–Trinajstić information content (AvgIpc) is 2.19. The Hall–Kier alpha value is -0.930. The Morgan fingerprint density at radius 1 is 1.40 bits per heavy atom. The van der Waals surface area contributed by atoms with E-state index in [1.165, 1.54) is 5.56 Å². The number of hydrogen-bond donors (Lipinski definition) is 1. The van der Waals surface area contributed by atoms with Crippen LogP contribution in [-0.4, -0.2) is 16.0 Å². The van der Waals surface area contributed by atoms with Gasteiger partial charge in [-0.25, -0.2) is 0 Å². The van der Waals surface area contributed by atoms with Crippen LogP contribution in [0.4, 0.5) is 0 Å². The van der Waals surface area contributed by atoms with E-state index in [1.54, 1.807) is 11.5 Å². The first-order valence-corrected chi connectivity index (χ1v) is 6.40. The van der Waals surface area contributed by atoms with E-state index in [0.29, 0.717) is 5.75 Å². The van der Waals surface area contributed by atoms with Crippen molar-refractivity contribution in [3.63, 3.8) is 0 Å². The van der Waals surface area contributed by atoms with E-state index in [2.05, 4.69) is 0 Å². The molecule has 1 rings (SSSR count). The molecule has 2 atom stereocenters. The van der Waals surface area contributed by atoms with Crippen LogP contribution in [0.15, 0.2) is 41.8 Å². The molecule has 0 aliphatic rings. The summed E-state index contributed by atoms with van der Waals surface area (Å²) in [6.45, 7) is 1.86. The van der Waals surface area contributed by atoms with Gasteiger partial charge in [0, 0.05) is 22.6 Å². The van der Waals surface area contributed by atoms with Crippen LogP contribution in [0.1, 0.15) is 12.5 Å². The first-order chi connectivity index (χ1) is 7.22. The Kier molecular flexibility index (Phi) is 5.29. The summed E-state index contributed by atoms with van der Waals surface area (Å²) in [6, 6.07) is 10.0. The minimum Gasteiger partial charge on any atom is -0.327 e. The van der Waals surface area contributed by atoms with Crippen molar-refractivity contribution in [1.82, 2.24) is 0 Å². The number of rotatable bonds is 5. The standard InChI is InChI=1S/C12H17NOS/c1-2-8-15(14)10-12(13)9-11-6-4-3-5-7-11/h2-8,12H,9-10,13H2,1H3/b8-2+/t12-,15-/m0/s1. The molecule has 2 N–H and O–H groups in total. The highest BCUT2D eigenvalue weighted by atomic mass is 32.2. The fraction of sp³-hybridized carbons (Fsp3) is 0.333. The monoisotopic (exact) mass is 223 g/mol. The van der Waals surface area contributed by atoms with Crippen LogP contribution in [0.3, 0.4) is 0 Å². The summed E-state index contributed by atoms with van der Waals surface area (Å²) >= 11 is 0. The van der Waals surface area contributed by atoms with E-state index in [-0.39, 0.29) is 6.04 Å². The maximum absolute atomic E-state index is 11.4. The van der Waals surface area contributed by atoms with Crippen molar-refractivity contribution in [2.24, 2.45) is 5.73 Å². The first kappa shape index (κ1) is 12.1. The lowest BCUT2D eigenvalue weighted by Crippen LogP contribution is -2.28. The van der Waals surface area contributed by atoms with Gasteiger partial charge in [-0.2, -0.15) is 0 Å². The van der Waals surface area contributed by atoms with Gasteiger partial charge in [0.1, 0.15) is 0 Å². The number of hydrogen-bond acceptors (Lipinski definition) is 2. The first-order valence-electron chi connectivity index (χ1n) is 5.02. The van der Waals surface area contributed by atoms with Gasteiger partial charge in [-0.3, -0.25) is 4.21 Å². The zero-order chi connectivity index (χ0) is 11.1. The molecule has 0 aromatic heterocycles. The van der Waals surface area contributed by atoms with Gasteiger partial charge in [-0.05, 0) is 24.3 Å². The molecular formula is C12H17NOS. The number of nitrogens with two attached hydrogens (primary N) is 1. The minimum absolute atomic E-state index is 0.0376. The van der Waals surface area contributed by atoms with Crippen molar-refractivity contribution in [2.75, 3.05) is 5.75 Å². The zero-order valence-electron chi connectivity index (χ0n) is 8.93. The maximum Gasteiger partial charge on any atom is 0.0468 e. The van der Waals surface area contributed by atoms with Gasteiger partial charge in [0.2, 0.25) is 0 Å². The Bertz CT molecular complexity index is 335. The van der Waals surface area contributed by atoms with E-state index in [0.717, 1.165) is 6.42 Å². The van der Waals surface area contributed by atoms with Crippen LogP contribution in [-0.2, 0) is 17.2 Å². The predicted molar refractivity (Wildman–Crippen MR) is 65.9 cm³/mol. The predicted octanol–water partition coefficient (Wildman–Crippen LogP) is 1.84. The summed E-state index contributed by atoms with van der Waals surface area (Å²) in [7, 11) is -0.929. The molecule has 0 spiro atoms. The van der Waals surface area contributed by atoms with E-state index in [1.807, 2.05) is 37.3 Å². The summed E-state index contributed by atoms with van der Waals surface area (Å²) in [5.74, 6) is 0.527. The highest BCUT2D eigenvalue weighted by molar-refractivity contribution is 7.88. The Morgan fingerprint density at radius 3 is 2.67 bits per heavy atom. The lowest BCUT2D eigenvalue weighted by Gasteiger charge is -2.09. The van der Waals surface area contributed by atoms with Crippen LogP contribution in [0.5, 0.6) is 0 Å². The molecule has 1 aromatic rings. The Balaban J connectivity index is 2.43. The molecule has 15 heavy (non-hydrogen) atoms. The fourth-order valence-corrected chi connectivity index (χ4v) is 2.35. The molecule has 1 aromatic carbocycles. The normalized spacial score (nSPS) is 15.3. The topological polar surface area (TPSA) is 43.1 Å². The van der Waals surface area contributed by atoms with Gasteiger partial charge in [-0.15, -0.1) is 0 Å². The molecule has 2 nitrogen and oxygen atoms in total. The van der Waals surface area contributed by atoms with Crippen molar-refractivity contribution < 1.29 is 4.21 Å². The lowest BCUT2D eigenvalue weighted by atomic mass is 10.1. The van der Waals surface area contributed by atoms with E-state index < -0.39 is 10.8 Å². The van der Waals surface area contributed by atoms with Gasteiger partial charge < -0.3 is 5.73 Å². The molecule has 0 heterocycles. The molecule has 82 valence electrons. The molecule has 0 bridgehead atoms. The minimum atomic E-state index is -0.929. The summed E-state index contributed by atoms with van der Waals surface area (Å²) in [4.78, 5) is 0. The number of allylic oxidation sites excluding steroid dienone is 1. The van der Waals surface area contributed by atoms with Crippen molar-refractivity contribution in [3.05, 3.63) is 47.4 Å².